The lowest BCUT2D eigenvalue weighted by atomic mass is 10.1. The summed E-state index contributed by atoms with van der Waals surface area (Å²) in [7, 11) is -7.17. The van der Waals surface area contributed by atoms with Crippen LogP contribution in [-0.2, 0) is 44.4 Å². The average molecular weight is 942 g/mol. The minimum absolute atomic E-state index is 0.000272. The van der Waals surface area contributed by atoms with Gasteiger partial charge in [0.2, 0.25) is 0 Å². The highest BCUT2D eigenvalue weighted by molar-refractivity contribution is 7.91. The molecule has 2 saturated heterocycles. The maximum Gasteiger partial charge on any atom is 0.254 e. The van der Waals surface area contributed by atoms with Gasteiger partial charge >= 0.3 is 0 Å². The average Bonchev–Trinajstić information content (AvgIpc) is 4.11. The molecule has 2 aliphatic heterocycles. The summed E-state index contributed by atoms with van der Waals surface area (Å²) in [5.74, 6) is -0.571. The molecule has 0 aliphatic carbocycles. The molecule has 0 unspecified atom stereocenters. The Labute approximate surface area is 373 Å². The number of halogens is 2. The van der Waals surface area contributed by atoms with E-state index < -0.39 is 20.0 Å². The fourth-order valence-electron chi connectivity index (χ4n) is 7.48. The van der Waals surface area contributed by atoms with Crippen LogP contribution >= 0.6 is 22.7 Å². The summed E-state index contributed by atoms with van der Waals surface area (Å²) in [6.45, 7) is 10.8. The molecular weight excluding hydrogens is 893 g/mol. The number of nitrogen functional groups attached to an aromatic ring is 1. The van der Waals surface area contributed by atoms with Gasteiger partial charge in [0.05, 0.1) is 54.9 Å². The number of imidazole rings is 2. The molecule has 0 spiro atoms. The number of benzene rings is 2. The Morgan fingerprint density at radius 1 is 0.651 bits per heavy atom. The molecule has 0 saturated carbocycles. The van der Waals surface area contributed by atoms with Crippen molar-refractivity contribution in [2.75, 3.05) is 58.1 Å². The number of piperazine rings is 2. The van der Waals surface area contributed by atoms with E-state index in [1.165, 1.54) is 52.2 Å². The van der Waals surface area contributed by atoms with E-state index in [-0.39, 0.29) is 49.5 Å². The standard InChI is InChI=1S/C22H26FN5O3S2.C19H23FN6O2S2/c1-16(29)11-21-25-13-22(32-21)33(30,31)27-9-7-26(8-10-27)14-20-12-24-15-28(20)17(2)18-3-5-19(23)6-4-18;1-14(15-2-4-16(20)5-3-15)26-13-22-10-17(26)12-24-6-8-25(9-7-24)30(27,28)18-11-23-19(21)29-18/h3-6,12-13,15,17H,7-11,14H2,1-2H3;2-5,10-11,13-14H,6-9,12H2,1H3,(H2,21,23)/t17-;14-/m11/s1. The summed E-state index contributed by atoms with van der Waals surface area (Å²) in [4.78, 5) is 32.2. The second-order valence-corrected chi connectivity index (χ2v) is 21.9. The van der Waals surface area contributed by atoms with E-state index in [1.807, 2.05) is 26.2 Å². The Hall–Kier alpha value is -4.81. The minimum Gasteiger partial charge on any atom is -0.375 e. The number of carbonyl (C=O) groups excluding carboxylic acids is 1. The van der Waals surface area contributed by atoms with Crippen molar-refractivity contribution in [3.05, 3.63) is 125 Å². The van der Waals surface area contributed by atoms with E-state index in [0.29, 0.717) is 70.5 Å². The zero-order valence-corrected chi connectivity index (χ0v) is 38.3. The van der Waals surface area contributed by atoms with Crippen LogP contribution in [0.15, 0.2) is 94.4 Å². The number of nitrogens with zero attached hydrogens (tertiary/aromatic N) is 10. The van der Waals surface area contributed by atoms with Crippen LogP contribution in [0.4, 0.5) is 13.9 Å². The molecule has 0 bridgehead atoms. The zero-order chi connectivity index (χ0) is 44.9. The lowest BCUT2D eigenvalue weighted by Crippen LogP contribution is -2.48. The van der Waals surface area contributed by atoms with Crippen molar-refractivity contribution in [3.8, 4) is 0 Å². The first-order valence-corrected chi connectivity index (χ1v) is 24.7. The summed E-state index contributed by atoms with van der Waals surface area (Å²) in [6.07, 6.45) is 10.0. The number of nitrogens with two attached hydrogens (primary N) is 1. The molecule has 8 rings (SSSR count). The second kappa shape index (κ2) is 19.9. The number of sulfonamides is 2. The van der Waals surface area contributed by atoms with Gasteiger partial charge in [-0.15, -0.1) is 11.3 Å². The van der Waals surface area contributed by atoms with Gasteiger partial charge in [-0.3, -0.25) is 14.6 Å². The lowest BCUT2D eigenvalue weighted by molar-refractivity contribution is -0.116. The van der Waals surface area contributed by atoms with Crippen LogP contribution < -0.4 is 5.73 Å². The van der Waals surface area contributed by atoms with Crippen molar-refractivity contribution in [1.29, 1.82) is 0 Å². The molecule has 2 aliphatic rings. The third-order valence-electron chi connectivity index (χ3n) is 11.1. The van der Waals surface area contributed by atoms with Gasteiger partial charge in [0.25, 0.3) is 20.0 Å². The molecule has 22 heteroatoms. The smallest absolute Gasteiger partial charge is 0.254 e. The van der Waals surface area contributed by atoms with Gasteiger partial charge in [-0.25, -0.2) is 45.6 Å². The highest BCUT2D eigenvalue weighted by Crippen LogP contribution is 2.28. The fourth-order valence-corrected chi connectivity index (χ4v) is 12.8. The summed E-state index contributed by atoms with van der Waals surface area (Å²) in [6, 6.07) is 12.9. The van der Waals surface area contributed by atoms with Gasteiger partial charge in [-0.2, -0.15) is 8.61 Å². The third kappa shape index (κ3) is 11.1. The molecule has 336 valence electrons. The molecule has 4 aromatic heterocycles. The van der Waals surface area contributed by atoms with Crippen molar-refractivity contribution >= 4 is 53.6 Å². The van der Waals surface area contributed by atoms with Gasteiger partial charge in [0.1, 0.15) is 22.4 Å². The van der Waals surface area contributed by atoms with Gasteiger partial charge in [0, 0.05) is 77.8 Å². The third-order valence-corrected chi connectivity index (χ3v) is 17.6. The Kier molecular flexibility index (Phi) is 14.6. The van der Waals surface area contributed by atoms with E-state index in [4.69, 9.17) is 5.73 Å². The van der Waals surface area contributed by atoms with Crippen LogP contribution in [0.3, 0.4) is 0 Å². The Morgan fingerprint density at radius 3 is 1.46 bits per heavy atom. The van der Waals surface area contributed by atoms with Crippen LogP contribution in [-0.4, -0.2) is 122 Å². The summed E-state index contributed by atoms with van der Waals surface area (Å²) >= 11 is 2.05. The Morgan fingerprint density at radius 2 is 1.06 bits per heavy atom. The highest BCUT2D eigenvalue weighted by atomic mass is 32.3. The van der Waals surface area contributed by atoms with Crippen molar-refractivity contribution in [2.24, 2.45) is 0 Å². The predicted molar refractivity (Wildman–Crippen MR) is 236 cm³/mol. The molecule has 2 fully saturated rings. The summed E-state index contributed by atoms with van der Waals surface area (Å²) in [5, 5.41) is 0.763. The number of hydrogen-bond donors (Lipinski definition) is 1. The van der Waals surface area contributed by atoms with Gasteiger partial charge in [-0.05, 0) is 56.2 Å². The molecule has 63 heavy (non-hydrogen) atoms. The van der Waals surface area contributed by atoms with Crippen LogP contribution in [0.2, 0.25) is 0 Å². The number of aromatic nitrogens is 6. The molecule has 0 radical (unpaired) electrons. The summed E-state index contributed by atoms with van der Waals surface area (Å²) in [5.41, 5.74) is 9.60. The fraction of sp³-hybridized carbons (Fsp3) is 0.390. The maximum atomic E-state index is 13.3. The molecule has 0 amide bonds. The van der Waals surface area contributed by atoms with Crippen LogP contribution in [0.5, 0.6) is 0 Å². The van der Waals surface area contributed by atoms with Crippen molar-refractivity contribution in [2.45, 2.75) is 60.8 Å². The molecule has 2 N–H and O–H groups in total. The number of hydrogen-bond acceptors (Lipinski definition) is 14. The van der Waals surface area contributed by atoms with E-state index in [0.717, 1.165) is 45.2 Å². The number of ketones is 1. The number of Topliss-reactive ketones (excluding diaryl/α,β-unsaturated/α-hetero) is 1. The Bertz CT molecular complexity index is 2690. The minimum atomic E-state index is -3.62. The number of carbonyl (C=O) groups is 1. The van der Waals surface area contributed by atoms with E-state index in [1.54, 1.807) is 36.9 Å². The zero-order valence-electron chi connectivity index (χ0n) is 35.0. The number of thiazole rings is 2. The van der Waals surface area contributed by atoms with Gasteiger partial charge in [-0.1, -0.05) is 35.6 Å². The molecule has 6 aromatic rings. The second-order valence-electron chi connectivity index (χ2n) is 15.4. The molecule has 16 nitrogen and oxygen atoms in total. The molecule has 2 aromatic carbocycles. The van der Waals surface area contributed by atoms with E-state index in [2.05, 4.69) is 38.9 Å². The Balaban J connectivity index is 0.000000190. The van der Waals surface area contributed by atoms with Crippen LogP contribution in [0.1, 0.15) is 60.4 Å². The molecule has 6 heterocycles. The largest absolute Gasteiger partial charge is 0.375 e. The first kappa shape index (κ1) is 46.2. The summed E-state index contributed by atoms with van der Waals surface area (Å²) < 4.78 is 85.4. The van der Waals surface area contributed by atoms with Crippen molar-refractivity contribution in [1.82, 2.24) is 47.5 Å². The molecule has 2 atom stereocenters. The van der Waals surface area contributed by atoms with Crippen molar-refractivity contribution in [3.63, 3.8) is 0 Å². The quantitative estimate of drug-likeness (QED) is 0.156. The maximum absolute atomic E-state index is 13.3. The normalized spacial score (nSPS) is 17.0. The molecular formula is C41H49F2N11O5S4. The van der Waals surface area contributed by atoms with Gasteiger partial charge in [0.15, 0.2) is 13.5 Å². The predicted octanol–water partition coefficient (Wildman–Crippen LogP) is 4.90. The first-order valence-electron chi connectivity index (χ1n) is 20.2. The highest BCUT2D eigenvalue weighted by Gasteiger charge is 2.32. The SMILES string of the molecule is CC(=O)Cc1ncc(S(=O)(=O)N2CCN(Cc3cncn3[C@H](C)c3ccc(F)cc3)CC2)s1.C[C@H](c1ccc(F)cc1)n1cncc1CN1CCN(S(=O)(=O)c2cnc(N)s2)CC1. The number of anilines is 1. The van der Waals surface area contributed by atoms with Gasteiger partial charge < -0.3 is 14.9 Å². The lowest BCUT2D eigenvalue weighted by Gasteiger charge is -2.33. The monoisotopic (exact) mass is 941 g/mol. The topological polar surface area (TPSA) is 186 Å². The van der Waals surface area contributed by atoms with Crippen LogP contribution in [0.25, 0.3) is 0 Å². The van der Waals surface area contributed by atoms with Crippen molar-refractivity contribution < 1.29 is 30.4 Å². The van der Waals surface area contributed by atoms with E-state index >= 15 is 0 Å². The first-order chi connectivity index (χ1) is 30.1. The number of rotatable bonds is 14. The van der Waals surface area contributed by atoms with Crippen LogP contribution in [0, 0.1) is 11.6 Å². The van der Waals surface area contributed by atoms with E-state index in [9.17, 15) is 30.4 Å².